The number of rotatable bonds is 0. The van der Waals surface area contributed by atoms with Crippen LogP contribution < -0.4 is 0 Å². The molecule has 0 fully saturated rings. The van der Waals surface area contributed by atoms with Gasteiger partial charge in [0.2, 0.25) is 0 Å². The SMILES string of the molecule is CC1CCCc2sc(Cl)cc21. The van der Waals surface area contributed by atoms with Crippen LogP contribution in [0.1, 0.15) is 36.1 Å². The molecule has 1 atom stereocenters. The zero-order valence-corrected chi connectivity index (χ0v) is 8.13. The van der Waals surface area contributed by atoms with Crippen molar-refractivity contribution in [2.24, 2.45) is 0 Å². The highest BCUT2D eigenvalue weighted by Gasteiger charge is 2.18. The standard InChI is InChI=1S/C9H11ClS/c1-6-3-2-4-8-7(6)5-9(10)11-8/h5-6H,2-4H2,1H3. The van der Waals surface area contributed by atoms with Crippen molar-refractivity contribution in [2.45, 2.75) is 32.1 Å². The van der Waals surface area contributed by atoms with E-state index in [1.165, 1.54) is 29.7 Å². The molecule has 2 rings (SSSR count). The maximum absolute atomic E-state index is 5.93. The van der Waals surface area contributed by atoms with Gasteiger partial charge < -0.3 is 0 Å². The van der Waals surface area contributed by atoms with Gasteiger partial charge in [0, 0.05) is 4.88 Å². The van der Waals surface area contributed by atoms with Gasteiger partial charge in [-0.15, -0.1) is 11.3 Å². The molecule has 2 heteroatoms. The minimum atomic E-state index is 0.738. The van der Waals surface area contributed by atoms with E-state index in [4.69, 9.17) is 11.6 Å². The fourth-order valence-corrected chi connectivity index (χ4v) is 3.19. The third-order valence-corrected chi connectivity index (χ3v) is 3.72. The van der Waals surface area contributed by atoms with Gasteiger partial charge in [0.1, 0.15) is 0 Å². The Hall–Kier alpha value is -0.0100. The molecule has 0 radical (unpaired) electrons. The van der Waals surface area contributed by atoms with E-state index < -0.39 is 0 Å². The highest BCUT2D eigenvalue weighted by atomic mass is 35.5. The second-order valence-electron chi connectivity index (χ2n) is 3.22. The van der Waals surface area contributed by atoms with E-state index in [0.29, 0.717) is 0 Å². The number of fused-ring (bicyclic) bond motifs is 1. The van der Waals surface area contributed by atoms with Crippen molar-refractivity contribution in [3.63, 3.8) is 0 Å². The monoisotopic (exact) mass is 186 g/mol. The van der Waals surface area contributed by atoms with Crippen LogP contribution in [0.25, 0.3) is 0 Å². The smallest absolute Gasteiger partial charge is 0.0934 e. The normalized spacial score (nSPS) is 23.3. The van der Waals surface area contributed by atoms with E-state index in [0.717, 1.165) is 10.3 Å². The first-order valence-corrected chi connectivity index (χ1v) is 5.25. The van der Waals surface area contributed by atoms with Crippen molar-refractivity contribution < 1.29 is 0 Å². The Labute approximate surface area is 76.2 Å². The number of halogens is 1. The topological polar surface area (TPSA) is 0 Å². The van der Waals surface area contributed by atoms with Gasteiger partial charge in [-0.2, -0.15) is 0 Å². The summed E-state index contributed by atoms with van der Waals surface area (Å²) in [5.74, 6) is 0.738. The maximum Gasteiger partial charge on any atom is 0.0934 e. The Bertz CT molecular complexity index is 265. The van der Waals surface area contributed by atoms with Crippen LogP contribution in [0.4, 0.5) is 0 Å². The molecule has 0 aromatic carbocycles. The fraction of sp³-hybridized carbons (Fsp3) is 0.556. The Morgan fingerprint density at radius 3 is 3.18 bits per heavy atom. The number of thiophene rings is 1. The summed E-state index contributed by atoms with van der Waals surface area (Å²) >= 11 is 7.69. The predicted molar refractivity (Wildman–Crippen MR) is 50.7 cm³/mol. The molecule has 1 unspecified atom stereocenters. The van der Waals surface area contributed by atoms with Gasteiger partial charge in [-0.1, -0.05) is 18.5 Å². The molecule has 0 saturated heterocycles. The van der Waals surface area contributed by atoms with E-state index in [-0.39, 0.29) is 0 Å². The van der Waals surface area contributed by atoms with Crippen LogP contribution in [0.15, 0.2) is 6.07 Å². The molecule has 60 valence electrons. The minimum Gasteiger partial charge on any atom is -0.128 e. The third kappa shape index (κ3) is 1.32. The molecule has 11 heavy (non-hydrogen) atoms. The first-order chi connectivity index (χ1) is 5.27. The lowest BCUT2D eigenvalue weighted by atomic mass is 9.89. The summed E-state index contributed by atoms with van der Waals surface area (Å²) in [5, 5.41) is 0. The maximum atomic E-state index is 5.93. The van der Waals surface area contributed by atoms with Gasteiger partial charge in [-0.05, 0) is 36.8 Å². The molecule has 1 aromatic heterocycles. The van der Waals surface area contributed by atoms with Crippen molar-refractivity contribution in [1.82, 2.24) is 0 Å². The van der Waals surface area contributed by atoms with E-state index in [1.807, 2.05) is 0 Å². The summed E-state index contributed by atoms with van der Waals surface area (Å²) in [6, 6.07) is 2.14. The molecule has 1 aliphatic carbocycles. The van der Waals surface area contributed by atoms with Crippen LogP contribution in [0.2, 0.25) is 4.34 Å². The Kier molecular flexibility index (Phi) is 1.94. The highest BCUT2D eigenvalue weighted by molar-refractivity contribution is 7.16. The summed E-state index contributed by atoms with van der Waals surface area (Å²) in [6.07, 6.45) is 3.92. The highest BCUT2D eigenvalue weighted by Crippen LogP contribution is 2.38. The number of hydrogen-bond donors (Lipinski definition) is 0. The molecule has 0 N–H and O–H groups in total. The predicted octanol–water partition coefficient (Wildman–Crippen LogP) is 3.84. The van der Waals surface area contributed by atoms with E-state index in [2.05, 4.69) is 13.0 Å². The van der Waals surface area contributed by atoms with Crippen molar-refractivity contribution in [2.75, 3.05) is 0 Å². The molecule has 0 amide bonds. The lowest BCUT2D eigenvalue weighted by Gasteiger charge is -2.17. The van der Waals surface area contributed by atoms with Crippen molar-refractivity contribution in [1.29, 1.82) is 0 Å². The fourth-order valence-electron chi connectivity index (χ4n) is 1.75. The summed E-state index contributed by atoms with van der Waals surface area (Å²) in [6.45, 7) is 2.29. The number of hydrogen-bond acceptors (Lipinski definition) is 1. The quantitative estimate of drug-likeness (QED) is 0.578. The van der Waals surface area contributed by atoms with E-state index in [9.17, 15) is 0 Å². The van der Waals surface area contributed by atoms with Crippen LogP contribution in [0.3, 0.4) is 0 Å². The van der Waals surface area contributed by atoms with E-state index in [1.54, 1.807) is 11.3 Å². The number of aryl methyl sites for hydroxylation is 1. The van der Waals surface area contributed by atoms with Gasteiger partial charge in [0.05, 0.1) is 4.34 Å². The molecule has 0 spiro atoms. The molecule has 0 saturated carbocycles. The second-order valence-corrected chi connectivity index (χ2v) is 4.99. The molecule has 0 aliphatic heterocycles. The summed E-state index contributed by atoms with van der Waals surface area (Å²) in [7, 11) is 0. The summed E-state index contributed by atoms with van der Waals surface area (Å²) in [5.41, 5.74) is 1.51. The lowest BCUT2D eigenvalue weighted by molar-refractivity contribution is 0.598. The minimum absolute atomic E-state index is 0.738. The average molecular weight is 187 g/mol. The molecule has 0 nitrogen and oxygen atoms in total. The van der Waals surface area contributed by atoms with Crippen molar-refractivity contribution in [3.8, 4) is 0 Å². The van der Waals surface area contributed by atoms with Crippen LogP contribution >= 0.6 is 22.9 Å². The molecular weight excluding hydrogens is 176 g/mol. The van der Waals surface area contributed by atoms with Crippen LogP contribution in [0.5, 0.6) is 0 Å². The van der Waals surface area contributed by atoms with Crippen molar-refractivity contribution >= 4 is 22.9 Å². The Balaban J connectivity index is 2.43. The lowest BCUT2D eigenvalue weighted by Crippen LogP contribution is -2.02. The van der Waals surface area contributed by atoms with Gasteiger partial charge >= 0.3 is 0 Å². The average Bonchev–Trinajstić information content (AvgIpc) is 2.31. The van der Waals surface area contributed by atoms with Crippen molar-refractivity contribution in [3.05, 3.63) is 20.8 Å². The van der Waals surface area contributed by atoms with Gasteiger partial charge in [-0.25, -0.2) is 0 Å². The third-order valence-electron chi connectivity index (χ3n) is 2.38. The van der Waals surface area contributed by atoms with Gasteiger partial charge in [0.15, 0.2) is 0 Å². The summed E-state index contributed by atoms with van der Waals surface area (Å²) in [4.78, 5) is 1.52. The molecule has 1 aliphatic rings. The van der Waals surface area contributed by atoms with Gasteiger partial charge in [0.25, 0.3) is 0 Å². The zero-order valence-electron chi connectivity index (χ0n) is 6.56. The second kappa shape index (κ2) is 2.80. The molecule has 1 aromatic rings. The molecule has 0 bridgehead atoms. The Morgan fingerprint density at radius 1 is 1.64 bits per heavy atom. The van der Waals surface area contributed by atoms with Crippen LogP contribution in [0, 0.1) is 0 Å². The van der Waals surface area contributed by atoms with E-state index >= 15 is 0 Å². The molecular formula is C9H11ClS. The Morgan fingerprint density at radius 2 is 2.45 bits per heavy atom. The van der Waals surface area contributed by atoms with Crippen LogP contribution in [-0.4, -0.2) is 0 Å². The van der Waals surface area contributed by atoms with Crippen LogP contribution in [-0.2, 0) is 6.42 Å². The first kappa shape index (κ1) is 7.63. The molecule has 1 heterocycles. The largest absolute Gasteiger partial charge is 0.128 e. The summed E-state index contributed by atoms with van der Waals surface area (Å²) < 4.78 is 0.962. The first-order valence-electron chi connectivity index (χ1n) is 4.05. The zero-order chi connectivity index (χ0) is 7.84. The van der Waals surface area contributed by atoms with Gasteiger partial charge in [-0.3, -0.25) is 0 Å².